The normalized spacial score (nSPS) is 18.7. The molecule has 0 radical (unpaired) electrons. The molecule has 130 valence electrons. The van der Waals surface area contributed by atoms with Gasteiger partial charge in [0.25, 0.3) is 0 Å². The fourth-order valence-electron chi connectivity index (χ4n) is 3.34. The molecule has 1 aliphatic carbocycles. The van der Waals surface area contributed by atoms with E-state index in [1.165, 1.54) is 12.8 Å². The lowest BCUT2D eigenvalue weighted by Gasteiger charge is -2.23. The van der Waals surface area contributed by atoms with Gasteiger partial charge in [0.05, 0.1) is 30.3 Å². The third kappa shape index (κ3) is 3.00. The fraction of sp³-hybridized carbons (Fsp3) is 0.500. The lowest BCUT2D eigenvalue weighted by molar-refractivity contribution is 0.0244. The summed E-state index contributed by atoms with van der Waals surface area (Å²) in [7, 11) is 0. The number of fused-ring (bicyclic) bond motifs is 1. The quantitative estimate of drug-likeness (QED) is 0.773. The Kier molecular flexibility index (Phi) is 3.66. The first-order valence-electron chi connectivity index (χ1n) is 8.97. The summed E-state index contributed by atoms with van der Waals surface area (Å²) in [5.74, 6) is 1.43. The Bertz CT molecular complexity index is 877. The Labute approximate surface area is 145 Å². The van der Waals surface area contributed by atoms with Crippen molar-refractivity contribution in [3.05, 3.63) is 24.7 Å². The molecule has 1 saturated heterocycles. The van der Waals surface area contributed by atoms with E-state index in [4.69, 9.17) is 9.47 Å². The number of nitrogens with one attached hydrogen (secondary N) is 1. The summed E-state index contributed by atoms with van der Waals surface area (Å²) in [4.78, 5) is 4.47. The largest absolute Gasteiger partial charge is 0.474 e. The van der Waals surface area contributed by atoms with Crippen molar-refractivity contribution < 1.29 is 9.47 Å². The summed E-state index contributed by atoms with van der Waals surface area (Å²) in [5.41, 5.74) is 2.78. The van der Waals surface area contributed by atoms with Gasteiger partial charge in [-0.2, -0.15) is 10.2 Å². The Morgan fingerprint density at radius 1 is 1.24 bits per heavy atom. The van der Waals surface area contributed by atoms with Crippen molar-refractivity contribution in [2.24, 2.45) is 5.92 Å². The first kappa shape index (κ1) is 14.9. The molecule has 3 aromatic heterocycles. The second-order valence-corrected chi connectivity index (χ2v) is 6.93. The van der Waals surface area contributed by atoms with E-state index in [1.54, 1.807) is 6.20 Å². The number of H-pyrrole nitrogens is 1. The van der Waals surface area contributed by atoms with Gasteiger partial charge < -0.3 is 9.47 Å². The van der Waals surface area contributed by atoms with Gasteiger partial charge in [-0.1, -0.05) is 0 Å². The highest BCUT2D eigenvalue weighted by molar-refractivity contribution is 5.96. The molecule has 2 aliphatic rings. The average Bonchev–Trinajstić information content (AvgIpc) is 3.15. The van der Waals surface area contributed by atoms with Crippen LogP contribution >= 0.6 is 0 Å². The third-order valence-electron chi connectivity index (χ3n) is 4.94. The van der Waals surface area contributed by atoms with Gasteiger partial charge in [0.15, 0.2) is 0 Å². The molecule has 0 amide bonds. The Hall–Kier alpha value is -2.41. The van der Waals surface area contributed by atoms with Gasteiger partial charge in [-0.25, -0.2) is 4.98 Å². The van der Waals surface area contributed by atoms with Gasteiger partial charge in [0.2, 0.25) is 5.88 Å². The van der Waals surface area contributed by atoms with Crippen LogP contribution < -0.4 is 4.74 Å². The van der Waals surface area contributed by atoms with E-state index in [2.05, 4.69) is 26.5 Å². The maximum absolute atomic E-state index is 6.19. The van der Waals surface area contributed by atoms with Crippen molar-refractivity contribution >= 4 is 10.9 Å². The first-order valence-corrected chi connectivity index (χ1v) is 8.97. The van der Waals surface area contributed by atoms with Crippen LogP contribution in [0.1, 0.15) is 25.7 Å². The summed E-state index contributed by atoms with van der Waals surface area (Å²) in [6.07, 6.45) is 10.3. The molecule has 1 aliphatic heterocycles. The number of nitrogens with zero attached hydrogens (tertiary/aromatic N) is 4. The minimum absolute atomic E-state index is 0.146. The first-order chi connectivity index (χ1) is 12.4. The van der Waals surface area contributed by atoms with Gasteiger partial charge in [0.1, 0.15) is 11.8 Å². The molecule has 7 nitrogen and oxygen atoms in total. The topological polar surface area (TPSA) is 77.9 Å². The molecule has 0 spiro atoms. The van der Waals surface area contributed by atoms with Crippen LogP contribution in [0.15, 0.2) is 24.7 Å². The van der Waals surface area contributed by atoms with Crippen molar-refractivity contribution in [1.29, 1.82) is 0 Å². The van der Waals surface area contributed by atoms with Gasteiger partial charge >= 0.3 is 0 Å². The standard InChI is InChI=1S/C18H21N5O2/c1-2-12(1)10-23-11-13(9-20-23)17-16-15(21-22-17)3-6-19-18(16)25-14-4-7-24-8-5-14/h3,6,9,11-12,14H,1-2,4-5,7-8,10H2,(H,21,22). The molecule has 3 aromatic rings. The molecule has 0 aromatic carbocycles. The number of hydrogen-bond donors (Lipinski definition) is 1. The van der Waals surface area contributed by atoms with E-state index in [0.29, 0.717) is 5.88 Å². The van der Waals surface area contributed by atoms with Gasteiger partial charge in [-0.3, -0.25) is 9.78 Å². The highest BCUT2D eigenvalue weighted by Crippen LogP contribution is 2.34. The van der Waals surface area contributed by atoms with E-state index in [-0.39, 0.29) is 6.10 Å². The van der Waals surface area contributed by atoms with E-state index in [0.717, 1.165) is 60.7 Å². The predicted octanol–water partition coefficient (Wildman–Crippen LogP) is 2.79. The van der Waals surface area contributed by atoms with E-state index >= 15 is 0 Å². The van der Waals surface area contributed by atoms with Crippen LogP contribution in [0.2, 0.25) is 0 Å². The van der Waals surface area contributed by atoms with Crippen molar-refractivity contribution in [3.8, 4) is 17.1 Å². The van der Waals surface area contributed by atoms with Crippen molar-refractivity contribution in [2.45, 2.75) is 38.3 Å². The van der Waals surface area contributed by atoms with Gasteiger partial charge in [-0.05, 0) is 24.8 Å². The maximum atomic E-state index is 6.19. The van der Waals surface area contributed by atoms with E-state index in [1.807, 2.05) is 16.9 Å². The fourth-order valence-corrected chi connectivity index (χ4v) is 3.34. The molecule has 5 rings (SSSR count). The highest BCUT2D eigenvalue weighted by Gasteiger charge is 2.23. The average molecular weight is 339 g/mol. The zero-order chi connectivity index (χ0) is 16.6. The molecule has 7 heteroatoms. The summed E-state index contributed by atoms with van der Waals surface area (Å²) in [6.45, 7) is 2.48. The van der Waals surface area contributed by atoms with Crippen LogP contribution in [0.25, 0.3) is 22.2 Å². The second-order valence-electron chi connectivity index (χ2n) is 6.93. The molecular weight excluding hydrogens is 318 g/mol. The molecule has 25 heavy (non-hydrogen) atoms. The summed E-state index contributed by atoms with van der Waals surface area (Å²) < 4.78 is 13.6. The number of ether oxygens (including phenoxy) is 2. The number of hydrogen-bond acceptors (Lipinski definition) is 5. The van der Waals surface area contributed by atoms with Crippen LogP contribution in [0.4, 0.5) is 0 Å². The molecular formula is C18H21N5O2. The lowest BCUT2D eigenvalue weighted by atomic mass is 10.1. The molecule has 1 saturated carbocycles. The zero-order valence-electron chi connectivity index (χ0n) is 14.0. The molecule has 0 atom stereocenters. The zero-order valence-corrected chi connectivity index (χ0v) is 14.0. The van der Waals surface area contributed by atoms with E-state index in [9.17, 15) is 0 Å². The molecule has 0 unspecified atom stereocenters. The minimum Gasteiger partial charge on any atom is -0.474 e. The minimum atomic E-state index is 0.146. The van der Waals surface area contributed by atoms with Crippen molar-refractivity contribution in [2.75, 3.05) is 13.2 Å². The molecule has 2 fully saturated rings. The highest BCUT2D eigenvalue weighted by atomic mass is 16.5. The summed E-state index contributed by atoms with van der Waals surface area (Å²) in [5, 5.41) is 13.0. The Balaban J connectivity index is 1.48. The lowest BCUT2D eigenvalue weighted by Crippen LogP contribution is -2.26. The van der Waals surface area contributed by atoms with Gasteiger partial charge in [-0.15, -0.1) is 0 Å². The van der Waals surface area contributed by atoms with Crippen molar-refractivity contribution in [1.82, 2.24) is 25.0 Å². The van der Waals surface area contributed by atoms with Crippen LogP contribution in [-0.2, 0) is 11.3 Å². The predicted molar refractivity (Wildman–Crippen MR) is 92.3 cm³/mol. The van der Waals surface area contributed by atoms with Crippen molar-refractivity contribution in [3.63, 3.8) is 0 Å². The monoisotopic (exact) mass is 339 g/mol. The molecule has 4 heterocycles. The maximum Gasteiger partial charge on any atom is 0.225 e. The Morgan fingerprint density at radius 2 is 2.12 bits per heavy atom. The van der Waals surface area contributed by atoms with Crippen LogP contribution in [0.3, 0.4) is 0 Å². The number of pyridine rings is 1. The number of rotatable bonds is 5. The van der Waals surface area contributed by atoms with Crippen LogP contribution in [0.5, 0.6) is 5.88 Å². The Morgan fingerprint density at radius 3 is 2.96 bits per heavy atom. The van der Waals surface area contributed by atoms with E-state index < -0.39 is 0 Å². The summed E-state index contributed by atoms with van der Waals surface area (Å²) >= 11 is 0. The summed E-state index contributed by atoms with van der Waals surface area (Å²) in [6, 6.07) is 1.93. The van der Waals surface area contributed by atoms with Gasteiger partial charge in [0, 0.05) is 37.3 Å². The second kappa shape index (κ2) is 6.15. The van der Waals surface area contributed by atoms with Crippen LogP contribution in [0, 0.1) is 5.92 Å². The molecule has 1 N–H and O–H groups in total. The van der Waals surface area contributed by atoms with Crippen LogP contribution in [-0.4, -0.2) is 44.3 Å². The smallest absolute Gasteiger partial charge is 0.225 e. The number of aromatic amines is 1. The third-order valence-corrected chi connectivity index (χ3v) is 4.94. The molecule has 0 bridgehead atoms. The number of aromatic nitrogens is 5. The SMILES string of the molecule is c1cc2[nH]nc(-c3cnn(CC4CC4)c3)c2c(OC2CCOCC2)n1.